The molecular weight excluding hydrogens is 420 g/mol. The van der Waals surface area contributed by atoms with E-state index in [-0.39, 0.29) is 41.1 Å². The summed E-state index contributed by atoms with van der Waals surface area (Å²) in [5.41, 5.74) is -0.676. The van der Waals surface area contributed by atoms with Crippen LogP contribution in [0.1, 0.15) is 18.4 Å². The third-order valence-electron chi connectivity index (χ3n) is 5.24. The third-order valence-corrected chi connectivity index (χ3v) is 5.24. The van der Waals surface area contributed by atoms with Gasteiger partial charge < -0.3 is 9.47 Å². The first-order valence-corrected chi connectivity index (χ1v) is 10.1. The number of ether oxygens (including phenoxy) is 2. The van der Waals surface area contributed by atoms with E-state index in [0.717, 1.165) is 0 Å². The summed E-state index contributed by atoms with van der Waals surface area (Å²) in [6.07, 6.45) is -3.17. The van der Waals surface area contributed by atoms with Crippen LogP contribution < -0.4 is 9.47 Å². The first-order chi connectivity index (χ1) is 15.4. The lowest BCUT2D eigenvalue weighted by atomic mass is 9.88. The van der Waals surface area contributed by atoms with Crippen molar-refractivity contribution in [3.05, 3.63) is 102 Å². The van der Waals surface area contributed by atoms with Crippen molar-refractivity contribution < 1.29 is 27.0 Å². The Morgan fingerprint density at radius 1 is 0.844 bits per heavy atom. The fraction of sp³-hybridized carbons (Fsp3) is 0.154. The zero-order valence-corrected chi connectivity index (χ0v) is 17.2. The molecule has 4 rings (SSSR count). The van der Waals surface area contributed by atoms with E-state index < -0.39 is 17.6 Å². The minimum absolute atomic E-state index is 0.0159. The van der Waals surface area contributed by atoms with Gasteiger partial charge in [-0.25, -0.2) is 4.39 Å². The maximum atomic E-state index is 15.9. The highest BCUT2D eigenvalue weighted by Gasteiger charge is 2.40. The van der Waals surface area contributed by atoms with Gasteiger partial charge in [-0.15, -0.1) is 0 Å². The number of methoxy groups -OCH3 is 1. The zero-order chi connectivity index (χ0) is 22.7. The lowest BCUT2D eigenvalue weighted by Gasteiger charge is -2.25. The van der Waals surface area contributed by atoms with Crippen LogP contribution in [0, 0.1) is 5.82 Å². The maximum absolute atomic E-state index is 15.9. The average Bonchev–Trinajstić information content (AvgIpc) is 2.79. The van der Waals surface area contributed by atoms with Gasteiger partial charge >= 0.3 is 6.18 Å². The summed E-state index contributed by atoms with van der Waals surface area (Å²) < 4.78 is 69.0. The Kier molecular flexibility index (Phi) is 6.04. The largest absolute Gasteiger partial charge is 0.496 e. The molecule has 0 N–H and O–H groups in total. The molecule has 0 fully saturated rings. The van der Waals surface area contributed by atoms with Crippen molar-refractivity contribution in [3.63, 3.8) is 0 Å². The van der Waals surface area contributed by atoms with Crippen molar-refractivity contribution in [3.8, 4) is 22.6 Å². The van der Waals surface area contributed by atoms with Crippen molar-refractivity contribution in [2.75, 3.05) is 7.11 Å². The van der Waals surface area contributed by atoms with Gasteiger partial charge in [0.1, 0.15) is 23.1 Å². The van der Waals surface area contributed by atoms with Crippen LogP contribution in [0.15, 0.2) is 90.2 Å². The van der Waals surface area contributed by atoms with Gasteiger partial charge in [0.25, 0.3) is 0 Å². The second-order valence-corrected chi connectivity index (χ2v) is 7.24. The summed E-state index contributed by atoms with van der Waals surface area (Å²) in [7, 11) is 1.39. The zero-order valence-electron chi connectivity index (χ0n) is 17.2. The Labute approximate surface area is 183 Å². The van der Waals surface area contributed by atoms with Crippen LogP contribution in [-0.4, -0.2) is 13.3 Å². The molecule has 3 aromatic rings. The van der Waals surface area contributed by atoms with E-state index >= 15 is 4.39 Å². The van der Waals surface area contributed by atoms with Crippen molar-refractivity contribution in [2.24, 2.45) is 0 Å². The van der Waals surface area contributed by atoms with E-state index in [1.54, 1.807) is 66.7 Å². The van der Waals surface area contributed by atoms with Crippen molar-refractivity contribution in [1.29, 1.82) is 0 Å². The number of halogens is 4. The summed E-state index contributed by atoms with van der Waals surface area (Å²) >= 11 is 0. The lowest BCUT2D eigenvalue weighted by molar-refractivity contribution is -0.0935. The molecule has 0 spiro atoms. The first-order valence-electron chi connectivity index (χ1n) is 10.1. The van der Waals surface area contributed by atoms with Crippen LogP contribution in [0.5, 0.6) is 11.5 Å². The maximum Gasteiger partial charge on any atom is 0.413 e. The number of para-hydroxylation sites is 1. The van der Waals surface area contributed by atoms with Crippen molar-refractivity contribution in [1.82, 2.24) is 0 Å². The standard InChI is InChI=1S/C26H20F4O2/c1-31-21-16-15-19(25(27)23(21)17-9-4-2-5-10-17)24-20(26(28,29)30)13-8-14-22(24)32-18-11-6-3-7-12-18/h2-7,9-12,14-16H,8,13H2,1H3. The second kappa shape index (κ2) is 8.91. The van der Waals surface area contributed by atoms with E-state index in [1.165, 1.54) is 19.2 Å². The van der Waals surface area contributed by atoms with Crippen LogP contribution >= 0.6 is 0 Å². The van der Waals surface area contributed by atoms with E-state index in [1.807, 2.05) is 0 Å². The Balaban J connectivity index is 1.93. The normalized spacial score (nSPS) is 14.2. The minimum atomic E-state index is -4.63. The predicted molar refractivity (Wildman–Crippen MR) is 116 cm³/mol. The van der Waals surface area contributed by atoms with Crippen LogP contribution in [0.4, 0.5) is 17.6 Å². The van der Waals surface area contributed by atoms with Crippen LogP contribution in [0.2, 0.25) is 0 Å². The summed E-state index contributed by atoms with van der Waals surface area (Å²) in [5.74, 6) is -0.205. The third kappa shape index (κ3) is 4.26. The highest BCUT2D eigenvalue weighted by Crippen LogP contribution is 2.45. The highest BCUT2D eigenvalue weighted by molar-refractivity contribution is 5.86. The number of allylic oxidation sites excluding steroid dienone is 3. The molecule has 0 bridgehead atoms. The number of hydrogen-bond donors (Lipinski definition) is 0. The molecule has 0 amide bonds. The molecule has 0 aliphatic heterocycles. The van der Waals surface area contributed by atoms with Gasteiger partial charge in [-0.05, 0) is 48.7 Å². The molecule has 2 nitrogen and oxygen atoms in total. The van der Waals surface area contributed by atoms with Crippen molar-refractivity contribution >= 4 is 5.57 Å². The van der Waals surface area contributed by atoms with Gasteiger partial charge in [0.05, 0.1) is 12.7 Å². The predicted octanol–water partition coefficient (Wildman–Crippen LogP) is 7.57. The van der Waals surface area contributed by atoms with Crippen LogP contribution in [0.25, 0.3) is 16.7 Å². The lowest BCUT2D eigenvalue weighted by Crippen LogP contribution is -2.19. The molecular formula is C26H20F4O2. The smallest absolute Gasteiger partial charge is 0.413 e. The average molecular weight is 440 g/mol. The molecule has 6 heteroatoms. The van der Waals surface area contributed by atoms with Crippen LogP contribution in [-0.2, 0) is 0 Å². The summed E-state index contributed by atoms with van der Waals surface area (Å²) in [6.45, 7) is 0. The molecule has 164 valence electrons. The topological polar surface area (TPSA) is 18.5 Å². The van der Waals surface area contributed by atoms with E-state index in [2.05, 4.69) is 0 Å². The Hall–Kier alpha value is -3.54. The van der Waals surface area contributed by atoms with E-state index in [0.29, 0.717) is 11.3 Å². The Morgan fingerprint density at radius 2 is 1.50 bits per heavy atom. The SMILES string of the molecule is COc1ccc(C2=C(C(F)(F)F)CCC=C2Oc2ccccc2)c(F)c1-c1ccccc1. The highest BCUT2D eigenvalue weighted by atomic mass is 19.4. The molecule has 0 radical (unpaired) electrons. The van der Waals surface area contributed by atoms with Gasteiger partial charge in [0.2, 0.25) is 0 Å². The molecule has 0 saturated carbocycles. The molecule has 0 aromatic heterocycles. The summed E-state index contributed by atoms with van der Waals surface area (Å²) in [4.78, 5) is 0. The Morgan fingerprint density at radius 3 is 2.12 bits per heavy atom. The van der Waals surface area contributed by atoms with Crippen LogP contribution in [0.3, 0.4) is 0 Å². The molecule has 0 atom stereocenters. The first kappa shape index (κ1) is 21.7. The molecule has 32 heavy (non-hydrogen) atoms. The van der Waals surface area contributed by atoms with Gasteiger partial charge in [-0.2, -0.15) is 13.2 Å². The van der Waals surface area contributed by atoms with Crippen molar-refractivity contribution in [2.45, 2.75) is 19.0 Å². The van der Waals surface area contributed by atoms with Gasteiger partial charge in [0, 0.05) is 16.7 Å². The molecule has 3 aromatic carbocycles. The van der Waals surface area contributed by atoms with Gasteiger partial charge in [-0.1, -0.05) is 48.5 Å². The van der Waals surface area contributed by atoms with E-state index in [4.69, 9.17) is 9.47 Å². The van der Waals surface area contributed by atoms with Gasteiger partial charge in [-0.3, -0.25) is 0 Å². The molecule has 1 aliphatic rings. The molecule has 0 unspecified atom stereocenters. The number of rotatable bonds is 5. The quantitative estimate of drug-likeness (QED) is 0.381. The Bertz CT molecular complexity index is 1160. The van der Waals surface area contributed by atoms with E-state index in [9.17, 15) is 13.2 Å². The monoisotopic (exact) mass is 440 g/mol. The number of alkyl halides is 3. The second-order valence-electron chi connectivity index (χ2n) is 7.24. The summed E-state index contributed by atoms with van der Waals surface area (Å²) in [5, 5.41) is 0. The number of hydrogen-bond acceptors (Lipinski definition) is 2. The minimum Gasteiger partial charge on any atom is -0.496 e. The molecule has 0 heterocycles. The fourth-order valence-corrected chi connectivity index (χ4v) is 3.81. The fourth-order valence-electron chi connectivity index (χ4n) is 3.81. The molecule has 1 aliphatic carbocycles. The number of benzene rings is 3. The summed E-state index contributed by atoms with van der Waals surface area (Å²) in [6, 6.07) is 19.9. The van der Waals surface area contributed by atoms with Gasteiger partial charge in [0.15, 0.2) is 0 Å². The molecule has 0 saturated heterocycles.